The average Bonchev–Trinajstić information content (AvgIpc) is 2.49. The number of alkyl carbamates (subject to hydrolysis) is 1. The van der Waals surface area contributed by atoms with Crippen molar-refractivity contribution >= 4 is 6.09 Å². The highest BCUT2D eigenvalue weighted by molar-refractivity contribution is 5.68. The number of carbonyl (C=O) groups excluding carboxylic acids is 1. The van der Waals surface area contributed by atoms with Crippen LogP contribution in [-0.4, -0.2) is 39.6 Å². The molecule has 0 fully saturated rings. The van der Waals surface area contributed by atoms with Crippen LogP contribution in [0.5, 0.6) is 17.2 Å². The van der Waals surface area contributed by atoms with Gasteiger partial charge in [0.2, 0.25) is 5.75 Å². The van der Waals surface area contributed by atoms with Gasteiger partial charge in [-0.25, -0.2) is 4.79 Å². The lowest BCUT2D eigenvalue weighted by Gasteiger charge is -2.24. The topological polar surface area (TPSA) is 92.0 Å². The quantitative estimate of drug-likeness (QED) is 0.833. The minimum Gasteiger partial charge on any atom is -0.493 e. The van der Waals surface area contributed by atoms with Crippen molar-refractivity contribution in [3.05, 3.63) is 17.7 Å². The van der Waals surface area contributed by atoms with E-state index in [9.17, 15) is 4.79 Å². The standard InChI is InChI=1S/C16H26N2O5/c1-16(2,3)23-15(19)18-11(9-17)10-7-12(20-4)14(22-6)13(8-10)21-5/h7-8,11H,9,17H2,1-6H3,(H,18,19)/t11-/m1/s1. The third-order valence-corrected chi connectivity index (χ3v) is 3.02. The zero-order chi connectivity index (χ0) is 17.6. The Kier molecular flexibility index (Phi) is 6.50. The van der Waals surface area contributed by atoms with Crippen molar-refractivity contribution in [2.75, 3.05) is 27.9 Å². The lowest BCUT2D eigenvalue weighted by atomic mass is 10.1. The highest BCUT2D eigenvalue weighted by Gasteiger charge is 2.22. The van der Waals surface area contributed by atoms with E-state index in [1.807, 2.05) is 0 Å². The maximum atomic E-state index is 12.0. The molecule has 1 rings (SSSR count). The van der Waals surface area contributed by atoms with Crippen LogP contribution in [0.2, 0.25) is 0 Å². The van der Waals surface area contributed by atoms with E-state index in [-0.39, 0.29) is 6.54 Å². The van der Waals surface area contributed by atoms with E-state index in [1.165, 1.54) is 21.3 Å². The Morgan fingerprint density at radius 1 is 1.13 bits per heavy atom. The highest BCUT2D eigenvalue weighted by Crippen LogP contribution is 2.39. The fourth-order valence-corrected chi connectivity index (χ4v) is 2.03. The Morgan fingerprint density at radius 3 is 2.00 bits per heavy atom. The van der Waals surface area contributed by atoms with Gasteiger partial charge in [-0.15, -0.1) is 0 Å². The Balaban J connectivity index is 3.08. The van der Waals surface area contributed by atoms with Crippen molar-refractivity contribution in [1.29, 1.82) is 0 Å². The predicted molar refractivity (Wildman–Crippen MR) is 87.3 cm³/mol. The maximum absolute atomic E-state index is 12.0. The number of methoxy groups -OCH3 is 3. The van der Waals surface area contributed by atoms with Gasteiger partial charge in [-0.1, -0.05) is 0 Å². The van der Waals surface area contributed by atoms with E-state index < -0.39 is 17.7 Å². The van der Waals surface area contributed by atoms with Crippen LogP contribution in [0.15, 0.2) is 12.1 Å². The summed E-state index contributed by atoms with van der Waals surface area (Å²) in [5.74, 6) is 1.46. The average molecular weight is 326 g/mol. The molecule has 7 nitrogen and oxygen atoms in total. The van der Waals surface area contributed by atoms with Gasteiger partial charge in [0.25, 0.3) is 0 Å². The molecule has 0 bridgehead atoms. The van der Waals surface area contributed by atoms with Gasteiger partial charge in [0.1, 0.15) is 5.60 Å². The first-order valence-corrected chi connectivity index (χ1v) is 7.25. The molecule has 0 spiro atoms. The van der Waals surface area contributed by atoms with Gasteiger partial charge >= 0.3 is 6.09 Å². The van der Waals surface area contributed by atoms with Crippen LogP contribution in [0.1, 0.15) is 32.4 Å². The van der Waals surface area contributed by atoms with E-state index in [1.54, 1.807) is 32.9 Å². The van der Waals surface area contributed by atoms with Gasteiger partial charge in [-0.3, -0.25) is 0 Å². The lowest BCUT2D eigenvalue weighted by molar-refractivity contribution is 0.0505. The number of carbonyl (C=O) groups is 1. The van der Waals surface area contributed by atoms with E-state index in [0.717, 1.165) is 5.56 Å². The molecule has 0 aliphatic carbocycles. The van der Waals surface area contributed by atoms with Gasteiger partial charge in [-0.2, -0.15) is 0 Å². The molecule has 0 saturated heterocycles. The van der Waals surface area contributed by atoms with E-state index in [0.29, 0.717) is 17.2 Å². The fourth-order valence-electron chi connectivity index (χ4n) is 2.03. The molecule has 1 aromatic carbocycles. The van der Waals surface area contributed by atoms with Crippen LogP contribution in [-0.2, 0) is 4.74 Å². The summed E-state index contributed by atoms with van der Waals surface area (Å²) in [6, 6.07) is 3.05. The van der Waals surface area contributed by atoms with Crippen molar-refractivity contribution in [2.24, 2.45) is 5.73 Å². The Bertz CT molecular complexity index is 515. The Hall–Kier alpha value is -2.15. The normalized spacial score (nSPS) is 12.3. The molecule has 1 aromatic rings. The van der Waals surface area contributed by atoms with E-state index in [2.05, 4.69) is 5.32 Å². The number of nitrogens with one attached hydrogen (secondary N) is 1. The summed E-state index contributed by atoms with van der Waals surface area (Å²) < 4.78 is 21.2. The number of amides is 1. The first kappa shape index (κ1) is 18.9. The molecule has 0 aromatic heterocycles. The molecular weight excluding hydrogens is 300 g/mol. The molecular formula is C16H26N2O5. The molecule has 1 amide bonds. The predicted octanol–water partition coefficient (Wildman–Crippen LogP) is 2.24. The number of benzene rings is 1. The molecule has 0 saturated carbocycles. The summed E-state index contributed by atoms with van der Waals surface area (Å²) in [6.45, 7) is 5.58. The second-order valence-electron chi connectivity index (χ2n) is 5.89. The number of nitrogens with two attached hydrogens (primary N) is 1. The molecule has 23 heavy (non-hydrogen) atoms. The molecule has 0 aliphatic heterocycles. The van der Waals surface area contributed by atoms with E-state index >= 15 is 0 Å². The van der Waals surface area contributed by atoms with Crippen LogP contribution in [0, 0.1) is 0 Å². The molecule has 3 N–H and O–H groups in total. The van der Waals surface area contributed by atoms with Crippen LogP contribution >= 0.6 is 0 Å². The summed E-state index contributed by atoms with van der Waals surface area (Å²) in [5.41, 5.74) is 5.93. The zero-order valence-corrected chi connectivity index (χ0v) is 14.6. The smallest absolute Gasteiger partial charge is 0.408 e. The number of ether oxygens (including phenoxy) is 4. The van der Waals surface area contributed by atoms with E-state index in [4.69, 9.17) is 24.7 Å². The van der Waals surface area contributed by atoms with Gasteiger partial charge in [0.05, 0.1) is 27.4 Å². The van der Waals surface area contributed by atoms with Gasteiger partial charge in [-0.05, 0) is 38.5 Å². The summed E-state index contributed by atoms with van der Waals surface area (Å²) in [5, 5.41) is 2.74. The lowest BCUT2D eigenvalue weighted by Crippen LogP contribution is -2.37. The van der Waals surface area contributed by atoms with Gasteiger partial charge in [0.15, 0.2) is 11.5 Å². The number of hydrogen-bond donors (Lipinski definition) is 2. The molecule has 0 radical (unpaired) electrons. The molecule has 7 heteroatoms. The van der Waals surface area contributed by atoms with Crippen LogP contribution in [0.25, 0.3) is 0 Å². The summed E-state index contributed by atoms with van der Waals surface area (Å²) in [7, 11) is 4.58. The monoisotopic (exact) mass is 326 g/mol. The van der Waals surface area contributed by atoms with Crippen LogP contribution in [0.3, 0.4) is 0 Å². The molecule has 0 unspecified atom stereocenters. The van der Waals surface area contributed by atoms with Crippen LogP contribution in [0.4, 0.5) is 4.79 Å². The minimum atomic E-state index is -0.585. The minimum absolute atomic E-state index is 0.192. The Morgan fingerprint density at radius 2 is 1.65 bits per heavy atom. The van der Waals surface area contributed by atoms with Crippen molar-refractivity contribution in [3.63, 3.8) is 0 Å². The third kappa shape index (κ3) is 5.21. The summed E-state index contributed by atoms with van der Waals surface area (Å²) in [6.07, 6.45) is -0.540. The first-order chi connectivity index (χ1) is 10.8. The van der Waals surface area contributed by atoms with Crippen molar-refractivity contribution in [3.8, 4) is 17.2 Å². The molecule has 1 atom stereocenters. The Labute approximate surface area is 137 Å². The zero-order valence-electron chi connectivity index (χ0n) is 14.6. The second-order valence-corrected chi connectivity index (χ2v) is 5.89. The SMILES string of the molecule is COc1cc([C@@H](CN)NC(=O)OC(C)(C)C)cc(OC)c1OC. The second kappa shape index (κ2) is 7.92. The summed E-state index contributed by atoms with van der Waals surface area (Å²) in [4.78, 5) is 12.0. The highest BCUT2D eigenvalue weighted by atomic mass is 16.6. The third-order valence-electron chi connectivity index (χ3n) is 3.02. The van der Waals surface area contributed by atoms with Gasteiger partial charge < -0.3 is 30.0 Å². The number of hydrogen-bond acceptors (Lipinski definition) is 6. The van der Waals surface area contributed by atoms with Crippen LogP contribution < -0.4 is 25.3 Å². The largest absolute Gasteiger partial charge is 0.493 e. The maximum Gasteiger partial charge on any atom is 0.408 e. The van der Waals surface area contributed by atoms with Crippen molar-refractivity contribution < 1.29 is 23.7 Å². The fraction of sp³-hybridized carbons (Fsp3) is 0.562. The number of rotatable bonds is 6. The molecule has 0 aliphatic rings. The van der Waals surface area contributed by atoms with Crippen molar-refractivity contribution in [1.82, 2.24) is 5.32 Å². The van der Waals surface area contributed by atoms with Crippen molar-refractivity contribution in [2.45, 2.75) is 32.4 Å². The van der Waals surface area contributed by atoms with Gasteiger partial charge in [0, 0.05) is 6.54 Å². The summed E-state index contributed by atoms with van der Waals surface area (Å²) >= 11 is 0. The molecule has 130 valence electrons. The first-order valence-electron chi connectivity index (χ1n) is 7.25. The molecule has 0 heterocycles.